The lowest BCUT2D eigenvalue weighted by molar-refractivity contribution is 0.282. The van der Waals surface area contributed by atoms with Gasteiger partial charge < -0.3 is 5.11 Å². The molecule has 0 aliphatic carbocycles. The number of hydrogen-bond donors (Lipinski definition) is 1. The molecule has 1 nitrogen and oxygen atoms in total. The fraction of sp³-hybridized carbons (Fsp3) is 0.889. The highest BCUT2D eigenvalue weighted by Crippen LogP contribution is 2.09. The summed E-state index contributed by atoms with van der Waals surface area (Å²) < 4.78 is 55.0. The van der Waals surface area contributed by atoms with E-state index in [1.165, 1.54) is 0 Å². The fourth-order valence-corrected chi connectivity index (χ4v) is 1.62. The van der Waals surface area contributed by atoms with Crippen molar-refractivity contribution in [2.24, 2.45) is 0 Å². The second-order valence-corrected chi connectivity index (χ2v) is 4.59. The van der Waals surface area contributed by atoms with Gasteiger partial charge in [-0.2, -0.15) is 0 Å². The van der Waals surface area contributed by atoms with Crippen molar-refractivity contribution in [3.05, 3.63) is 12.2 Å². The van der Waals surface area contributed by atoms with Gasteiger partial charge in [0.25, 0.3) is 0 Å². The van der Waals surface area contributed by atoms with Gasteiger partial charge in [0, 0.05) is 16.2 Å². The molecule has 0 saturated heterocycles. The Morgan fingerprint density at radius 2 is 1.47 bits per heavy atom. The Morgan fingerprint density at radius 3 is 2.21 bits per heavy atom. The number of hydrogen-bond acceptors (Lipinski definition) is 1. The highest BCUT2D eigenvalue weighted by molar-refractivity contribution is 4.81. The van der Waals surface area contributed by atoms with Gasteiger partial charge in [-0.05, 0) is 32.1 Å². The van der Waals surface area contributed by atoms with Crippen LogP contribution in [-0.4, -0.2) is 11.7 Å². The van der Waals surface area contributed by atoms with Gasteiger partial charge in [-0.3, -0.25) is 0 Å². The SMILES string of the molecule is [2H]C(CO)CCCCC([2H])C/C=C\CCC([2H])([2H])C([2H])C([2H])([2H])CCC. The minimum absolute atomic E-state index is 0.107. The minimum Gasteiger partial charge on any atom is -0.396 e. The maximum absolute atomic E-state index is 8.78. The normalized spacial score (nSPS) is 23.4. The van der Waals surface area contributed by atoms with Crippen LogP contribution in [-0.2, 0) is 0 Å². The van der Waals surface area contributed by atoms with Crippen molar-refractivity contribution in [2.45, 2.75) is 96.6 Å². The summed E-state index contributed by atoms with van der Waals surface area (Å²) in [6, 6.07) is 0. The first kappa shape index (κ1) is 9.60. The second kappa shape index (κ2) is 17.7. The van der Waals surface area contributed by atoms with Crippen LogP contribution in [0.25, 0.3) is 0 Å². The molecule has 0 aromatic heterocycles. The van der Waals surface area contributed by atoms with Crippen molar-refractivity contribution in [1.82, 2.24) is 0 Å². The van der Waals surface area contributed by atoms with Crippen LogP contribution >= 0.6 is 0 Å². The van der Waals surface area contributed by atoms with Crippen LogP contribution in [0.3, 0.4) is 0 Å². The van der Waals surface area contributed by atoms with Crippen LogP contribution < -0.4 is 0 Å². The summed E-state index contributed by atoms with van der Waals surface area (Å²) in [5.74, 6) is 0. The number of aliphatic hydroxyl groups is 1. The molecule has 0 amide bonds. The van der Waals surface area contributed by atoms with Crippen molar-refractivity contribution in [3.63, 3.8) is 0 Å². The van der Waals surface area contributed by atoms with Gasteiger partial charge >= 0.3 is 0 Å². The third kappa shape index (κ3) is 17.7. The molecule has 0 heterocycles. The molecule has 0 aromatic carbocycles. The molecule has 19 heavy (non-hydrogen) atoms. The summed E-state index contributed by atoms with van der Waals surface area (Å²) in [5, 5.41) is 8.78. The standard InChI is InChI=1S/C18H36O/c1-2-3-4-5-6-7-8-9-10-11-12-13-14-15-16-17-18-19/h9-10,19H,2-8,11-18H2,1H3/b10-9-/i4D2,5D,6D2,12D,17D. The Balaban J connectivity index is 4.07. The largest absolute Gasteiger partial charge is 0.396 e. The molecular formula is C18H36O. The van der Waals surface area contributed by atoms with Crippen LogP contribution in [0.2, 0.25) is 0 Å². The molecule has 0 aliphatic rings. The van der Waals surface area contributed by atoms with E-state index in [1.54, 1.807) is 0 Å². The predicted octanol–water partition coefficient (Wildman–Crippen LogP) is 6.02. The first-order valence-electron chi connectivity index (χ1n) is 11.3. The molecule has 0 rings (SSSR count). The van der Waals surface area contributed by atoms with E-state index in [-0.39, 0.29) is 25.8 Å². The lowest BCUT2D eigenvalue weighted by Crippen LogP contribution is -1.83. The highest BCUT2D eigenvalue weighted by Gasteiger charge is 1.90. The summed E-state index contributed by atoms with van der Waals surface area (Å²) in [4.78, 5) is 0. The molecule has 0 aromatic rings. The van der Waals surface area contributed by atoms with Crippen LogP contribution in [0.1, 0.15) is 106 Å². The second-order valence-electron chi connectivity index (χ2n) is 4.59. The van der Waals surface area contributed by atoms with E-state index >= 15 is 0 Å². The van der Waals surface area contributed by atoms with Gasteiger partial charge in [0.2, 0.25) is 0 Å². The van der Waals surface area contributed by atoms with E-state index in [2.05, 4.69) is 0 Å². The van der Waals surface area contributed by atoms with Gasteiger partial charge in [-0.15, -0.1) is 0 Å². The molecule has 114 valence electrons. The predicted molar refractivity (Wildman–Crippen MR) is 86.5 cm³/mol. The lowest BCUT2D eigenvalue weighted by atomic mass is 10.1. The van der Waals surface area contributed by atoms with E-state index in [0.717, 1.165) is 19.3 Å². The Kier molecular flexibility index (Phi) is 8.95. The molecule has 0 fully saturated rings. The molecule has 3 unspecified atom stereocenters. The Bertz CT molecular complexity index is 388. The molecule has 1 heteroatoms. The third-order valence-corrected chi connectivity index (χ3v) is 2.72. The van der Waals surface area contributed by atoms with E-state index in [0.29, 0.717) is 25.7 Å². The number of aliphatic hydroxyl groups excluding tert-OH is 1. The number of unbranched alkanes of at least 4 members (excludes halogenated alkanes) is 1. The molecular weight excluding hydrogens is 232 g/mol. The maximum atomic E-state index is 8.78. The molecule has 1 N–H and O–H groups in total. The van der Waals surface area contributed by atoms with Crippen molar-refractivity contribution in [1.29, 1.82) is 0 Å². The summed E-state index contributed by atoms with van der Waals surface area (Å²) >= 11 is 0. The van der Waals surface area contributed by atoms with Crippen molar-refractivity contribution in [3.8, 4) is 0 Å². The zero-order valence-electron chi connectivity index (χ0n) is 19.4. The minimum atomic E-state index is -1.87. The smallest absolute Gasteiger partial charge is 0.0431 e. The highest BCUT2D eigenvalue weighted by atomic mass is 16.2. The summed E-state index contributed by atoms with van der Waals surface area (Å²) in [6.45, 7) is 1.72. The summed E-state index contributed by atoms with van der Waals surface area (Å²) in [7, 11) is 0. The topological polar surface area (TPSA) is 20.2 Å². The van der Waals surface area contributed by atoms with E-state index < -0.39 is 25.5 Å². The Labute approximate surface area is 131 Å². The van der Waals surface area contributed by atoms with Crippen LogP contribution in [0.15, 0.2) is 12.2 Å². The summed E-state index contributed by atoms with van der Waals surface area (Å²) in [5.41, 5.74) is 0. The average molecular weight is 276 g/mol. The summed E-state index contributed by atoms with van der Waals surface area (Å²) in [6.07, 6.45) is 3.01. The first-order chi connectivity index (χ1) is 12.1. The monoisotopic (exact) mass is 275 g/mol. The molecule has 0 bridgehead atoms. The lowest BCUT2D eigenvalue weighted by Gasteiger charge is -1.99. The van der Waals surface area contributed by atoms with Gasteiger partial charge in [-0.25, -0.2) is 0 Å². The molecule has 0 radical (unpaired) electrons. The van der Waals surface area contributed by atoms with E-state index in [1.807, 2.05) is 19.1 Å². The third-order valence-electron chi connectivity index (χ3n) is 2.72. The van der Waals surface area contributed by atoms with Gasteiger partial charge in [0.15, 0.2) is 0 Å². The van der Waals surface area contributed by atoms with E-state index in [9.17, 15) is 0 Å². The van der Waals surface area contributed by atoms with Gasteiger partial charge in [0.1, 0.15) is 0 Å². The first-order valence-corrected chi connectivity index (χ1v) is 7.59. The Morgan fingerprint density at radius 1 is 0.789 bits per heavy atom. The van der Waals surface area contributed by atoms with Crippen molar-refractivity contribution >= 4 is 0 Å². The van der Waals surface area contributed by atoms with Gasteiger partial charge in [0.05, 0.1) is 0 Å². The zero-order valence-corrected chi connectivity index (χ0v) is 12.4. The molecule has 3 atom stereocenters. The van der Waals surface area contributed by atoms with Crippen molar-refractivity contribution in [2.75, 3.05) is 6.61 Å². The average Bonchev–Trinajstić information content (AvgIpc) is 2.57. The molecule has 0 spiro atoms. The fourth-order valence-electron chi connectivity index (χ4n) is 1.62. The molecule has 0 saturated carbocycles. The Hall–Kier alpha value is -0.300. The van der Waals surface area contributed by atoms with Crippen LogP contribution in [0, 0.1) is 0 Å². The number of allylic oxidation sites excluding steroid dienone is 2. The maximum Gasteiger partial charge on any atom is 0.0431 e. The van der Waals surface area contributed by atoms with Crippen molar-refractivity contribution < 1.29 is 14.7 Å². The molecule has 0 aliphatic heterocycles. The quantitative estimate of drug-likeness (QED) is 0.286. The van der Waals surface area contributed by atoms with Gasteiger partial charge in [-0.1, -0.05) is 76.7 Å². The van der Waals surface area contributed by atoms with Crippen LogP contribution in [0.5, 0.6) is 0 Å². The van der Waals surface area contributed by atoms with E-state index in [4.69, 9.17) is 14.7 Å². The van der Waals surface area contributed by atoms with Crippen LogP contribution in [0.4, 0.5) is 0 Å². The number of rotatable bonds is 15. The zero-order chi connectivity index (χ0) is 20.2.